The van der Waals surface area contributed by atoms with Gasteiger partial charge in [0.25, 0.3) is 0 Å². The maximum atomic E-state index is 11.5. The number of nitrogens with zero attached hydrogens (tertiary/aromatic N) is 1. The predicted octanol–water partition coefficient (Wildman–Crippen LogP) is 0.860. The number of carbonyl (C=O) groups excluding carboxylic acids is 1. The summed E-state index contributed by atoms with van der Waals surface area (Å²) in [6.07, 6.45) is 1.54. The molecule has 0 saturated carbocycles. The van der Waals surface area contributed by atoms with Crippen LogP contribution in [-0.4, -0.2) is 43.7 Å². The molecule has 2 heterocycles. The van der Waals surface area contributed by atoms with Crippen molar-refractivity contribution in [2.24, 2.45) is 0 Å². The van der Waals surface area contributed by atoms with Gasteiger partial charge in [-0.15, -0.1) is 0 Å². The summed E-state index contributed by atoms with van der Waals surface area (Å²) in [7, 11) is 1.36. The number of likely N-dealkylation sites (N-methyl/N-ethyl adjacent to an activating group) is 1. The molecule has 5 heteroatoms. The summed E-state index contributed by atoms with van der Waals surface area (Å²) in [5.74, 6) is -0.0916. The molecule has 1 N–H and O–H groups in total. The molecule has 1 aliphatic heterocycles. The standard InChI is InChI=1S/C12H18N2O3/c1-3-14(10-6-13-7-10)8-9-4-5-17-11(9)12(15)16-2/h4-5,10,13H,3,6-8H2,1-2H3. The smallest absolute Gasteiger partial charge is 0.374 e. The molecule has 1 aliphatic rings. The summed E-state index contributed by atoms with van der Waals surface area (Å²) in [6.45, 7) is 5.83. The average Bonchev–Trinajstić information content (AvgIpc) is 2.72. The first-order valence-electron chi connectivity index (χ1n) is 5.85. The lowest BCUT2D eigenvalue weighted by Gasteiger charge is -2.37. The number of rotatable bonds is 5. The van der Waals surface area contributed by atoms with Crippen LogP contribution in [0.4, 0.5) is 0 Å². The van der Waals surface area contributed by atoms with Gasteiger partial charge in [-0.25, -0.2) is 4.79 Å². The molecule has 1 aromatic heterocycles. The molecule has 5 nitrogen and oxygen atoms in total. The van der Waals surface area contributed by atoms with Crippen molar-refractivity contribution in [3.8, 4) is 0 Å². The monoisotopic (exact) mass is 238 g/mol. The van der Waals surface area contributed by atoms with E-state index in [1.807, 2.05) is 6.07 Å². The summed E-state index contributed by atoms with van der Waals surface area (Å²) in [4.78, 5) is 13.8. The molecule has 17 heavy (non-hydrogen) atoms. The summed E-state index contributed by atoms with van der Waals surface area (Å²) in [5.41, 5.74) is 0.894. The minimum Gasteiger partial charge on any atom is -0.463 e. The maximum absolute atomic E-state index is 11.5. The van der Waals surface area contributed by atoms with Crippen molar-refractivity contribution >= 4 is 5.97 Å². The van der Waals surface area contributed by atoms with Gasteiger partial charge in [0, 0.05) is 31.2 Å². The van der Waals surface area contributed by atoms with Crippen molar-refractivity contribution in [3.63, 3.8) is 0 Å². The largest absolute Gasteiger partial charge is 0.463 e. The van der Waals surface area contributed by atoms with E-state index in [0.717, 1.165) is 31.7 Å². The molecule has 0 aromatic carbocycles. The van der Waals surface area contributed by atoms with Crippen LogP contribution < -0.4 is 5.32 Å². The Labute approximate surface area is 101 Å². The average molecular weight is 238 g/mol. The fourth-order valence-electron chi connectivity index (χ4n) is 1.98. The highest BCUT2D eigenvalue weighted by Gasteiger charge is 2.25. The number of furan rings is 1. The molecule has 0 aliphatic carbocycles. The van der Waals surface area contributed by atoms with Gasteiger partial charge in [0.2, 0.25) is 5.76 Å². The third kappa shape index (κ3) is 2.50. The zero-order valence-corrected chi connectivity index (χ0v) is 10.2. The fourth-order valence-corrected chi connectivity index (χ4v) is 1.98. The molecule has 0 atom stereocenters. The highest BCUT2D eigenvalue weighted by atomic mass is 16.5. The van der Waals surface area contributed by atoms with E-state index in [9.17, 15) is 4.79 Å². The quantitative estimate of drug-likeness (QED) is 0.771. The summed E-state index contributed by atoms with van der Waals surface area (Å²) in [5, 5.41) is 3.25. The lowest BCUT2D eigenvalue weighted by Crippen LogP contribution is -2.56. The van der Waals surface area contributed by atoms with Gasteiger partial charge in [-0.1, -0.05) is 6.92 Å². The molecule has 0 bridgehead atoms. The normalized spacial score (nSPS) is 15.9. The zero-order valence-electron chi connectivity index (χ0n) is 10.2. The number of methoxy groups -OCH3 is 1. The number of hydrogen-bond donors (Lipinski definition) is 1. The summed E-state index contributed by atoms with van der Waals surface area (Å²) < 4.78 is 9.86. The van der Waals surface area contributed by atoms with Crippen LogP contribution in [-0.2, 0) is 11.3 Å². The van der Waals surface area contributed by atoms with E-state index >= 15 is 0 Å². The number of hydrogen-bond acceptors (Lipinski definition) is 5. The van der Waals surface area contributed by atoms with Crippen LogP contribution in [0.25, 0.3) is 0 Å². The van der Waals surface area contributed by atoms with Gasteiger partial charge in [0.15, 0.2) is 0 Å². The Balaban J connectivity index is 2.06. The fraction of sp³-hybridized carbons (Fsp3) is 0.583. The molecule has 0 amide bonds. The molecule has 1 saturated heterocycles. The van der Waals surface area contributed by atoms with Crippen LogP contribution >= 0.6 is 0 Å². The lowest BCUT2D eigenvalue weighted by atomic mass is 10.1. The Kier molecular flexibility index (Phi) is 3.81. The summed E-state index contributed by atoms with van der Waals surface area (Å²) >= 11 is 0. The molecule has 94 valence electrons. The highest BCUT2D eigenvalue weighted by molar-refractivity contribution is 5.87. The van der Waals surface area contributed by atoms with Crippen LogP contribution in [0.2, 0.25) is 0 Å². The molecule has 1 fully saturated rings. The summed E-state index contributed by atoms with van der Waals surface area (Å²) in [6, 6.07) is 2.39. The molecule has 0 radical (unpaired) electrons. The number of ether oxygens (including phenoxy) is 1. The van der Waals surface area contributed by atoms with Crippen molar-refractivity contribution in [3.05, 3.63) is 23.7 Å². The topological polar surface area (TPSA) is 54.7 Å². The van der Waals surface area contributed by atoms with Crippen LogP contribution in [0.5, 0.6) is 0 Å². The van der Waals surface area contributed by atoms with Crippen molar-refractivity contribution in [1.82, 2.24) is 10.2 Å². The second-order valence-corrected chi connectivity index (χ2v) is 4.14. The van der Waals surface area contributed by atoms with Gasteiger partial charge in [-0.3, -0.25) is 4.90 Å². The van der Waals surface area contributed by atoms with Crippen LogP contribution in [0.1, 0.15) is 23.0 Å². The SMILES string of the molecule is CCN(Cc1ccoc1C(=O)OC)C1CNC1. The van der Waals surface area contributed by atoms with E-state index in [-0.39, 0.29) is 0 Å². The van der Waals surface area contributed by atoms with Gasteiger partial charge in [-0.05, 0) is 12.6 Å². The highest BCUT2D eigenvalue weighted by Crippen LogP contribution is 2.17. The van der Waals surface area contributed by atoms with Gasteiger partial charge >= 0.3 is 5.97 Å². The Morgan fingerprint density at radius 2 is 2.41 bits per heavy atom. The van der Waals surface area contributed by atoms with Crippen molar-refractivity contribution in [1.29, 1.82) is 0 Å². The van der Waals surface area contributed by atoms with Crippen LogP contribution in [0.15, 0.2) is 16.7 Å². The van der Waals surface area contributed by atoms with Gasteiger partial charge in [-0.2, -0.15) is 0 Å². The van der Waals surface area contributed by atoms with E-state index in [1.165, 1.54) is 13.4 Å². The minimum atomic E-state index is -0.409. The van der Waals surface area contributed by atoms with E-state index in [2.05, 4.69) is 21.9 Å². The Hall–Kier alpha value is -1.33. The van der Waals surface area contributed by atoms with Gasteiger partial charge in [0.1, 0.15) is 0 Å². The van der Waals surface area contributed by atoms with Crippen LogP contribution in [0.3, 0.4) is 0 Å². The molecule has 2 rings (SSSR count). The molecule has 0 unspecified atom stereocenters. The third-order valence-corrected chi connectivity index (χ3v) is 3.17. The van der Waals surface area contributed by atoms with E-state index < -0.39 is 5.97 Å². The van der Waals surface area contributed by atoms with E-state index in [1.54, 1.807) is 0 Å². The number of nitrogens with one attached hydrogen (secondary N) is 1. The molecule has 1 aromatic rings. The Morgan fingerprint density at radius 1 is 1.65 bits per heavy atom. The Bertz CT molecular complexity index is 385. The van der Waals surface area contributed by atoms with Crippen molar-refractivity contribution < 1.29 is 13.9 Å². The van der Waals surface area contributed by atoms with E-state index in [4.69, 9.17) is 4.42 Å². The first-order chi connectivity index (χ1) is 8.26. The second kappa shape index (κ2) is 5.33. The third-order valence-electron chi connectivity index (χ3n) is 3.17. The zero-order chi connectivity index (χ0) is 12.3. The molecular weight excluding hydrogens is 220 g/mol. The predicted molar refractivity (Wildman–Crippen MR) is 62.8 cm³/mol. The molecular formula is C12H18N2O3. The first kappa shape index (κ1) is 12.1. The van der Waals surface area contributed by atoms with E-state index in [0.29, 0.717) is 11.8 Å². The minimum absolute atomic E-state index is 0.318. The Morgan fingerprint density at radius 3 is 2.94 bits per heavy atom. The van der Waals surface area contributed by atoms with Crippen molar-refractivity contribution in [2.45, 2.75) is 19.5 Å². The maximum Gasteiger partial charge on any atom is 0.374 e. The lowest BCUT2D eigenvalue weighted by molar-refractivity contribution is 0.0559. The van der Waals surface area contributed by atoms with Gasteiger partial charge < -0.3 is 14.5 Å². The number of esters is 1. The number of carbonyl (C=O) groups is 1. The van der Waals surface area contributed by atoms with Crippen molar-refractivity contribution in [2.75, 3.05) is 26.7 Å². The molecule has 0 spiro atoms. The van der Waals surface area contributed by atoms with Gasteiger partial charge in [0.05, 0.1) is 13.4 Å². The first-order valence-corrected chi connectivity index (χ1v) is 5.85. The van der Waals surface area contributed by atoms with Crippen LogP contribution in [0, 0.1) is 0 Å². The second-order valence-electron chi connectivity index (χ2n) is 4.14.